The lowest BCUT2D eigenvalue weighted by Crippen LogP contribution is -2.45. The lowest BCUT2D eigenvalue weighted by Gasteiger charge is -2.22. The highest BCUT2D eigenvalue weighted by Crippen LogP contribution is 2.51. The molecule has 100 valence electrons. The predicted molar refractivity (Wildman–Crippen MR) is 68.9 cm³/mol. The molecule has 1 aliphatic rings. The van der Waals surface area contributed by atoms with Crippen LogP contribution in [0.4, 0.5) is 0 Å². The summed E-state index contributed by atoms with van der Waals surface area (Å²) in [6.07, 6.45) is 2.57. The molecule has 1 aliphatic carbocycles. The molecule has 0 aromatic carbocycles. The van der Waals surface area contributed by atoms with Gasteiger partial charge >= 0.3 is 0 Å². The van der Waals surface area contributed by atoms with Gasteiger partial charge in [0.2, 0.25) is 5.91 Å². The SMILES string of the molecule is COCCNC(=O)C(C)NCC1(C(C)C)CC1. The van der Waals surface area contributed by atoms with Crippen LogP contribution < -0.4 is 10.6 Å². The smallest absolute Gasteiger partial charge is 0.236 e. The van der Waals surface area contributed by atoms with Gasteiger partial charge in [-0.3, -0.25) is 4.79 Å². The molecule has 2 N–H and O–H groups in total. The Kier molecular flexibility index (Phi) is 5.40. The van der Waals surface area contributed by atoms with Gasteiger partial charge < -0.3 is 15.4 Å². The van der Waals surface area contributed by atoms with Gasteiger partial charge in [-0.1, -0.05) is 13.8 Å². The Labute approximate surface area is 104 Å². The Balaban J connectivity index is 2.20. The van der Waals surface area contributed by atoms with Crippen molar-refractivity contribution in [2.75, 3.05) is 26.8 Å². The fourth-order valence-corrected chi connectivity index (χ4v) is 2.00. The Bertz CT molecular complexity index is 250. The second-order valence-corrected chi connectivity index (χ2v) is 5.40. The summed E-state index contributed by atoms with van der Waals surface area (Å²) in [6.45, 7) is 8.53. The zero-order valence-electron chi connectivity index (χ0n) is 11.5. The molecule has 17 heavy (non-hydrogen) atoms. The minimum Gasteiger partial charge on any atom is -0.383 e. The number of nitrogens with one attached hydrogen (secondary N) is 2. The van der Waals surface area contributed by atoms with Gasteiger partial charge in [0, 0.05) is 20.2 Å². The van der Waals surface area contributed by atoms with Crippen molar-refractivity contribution in [3.63, 3.8) is 0 Å². The van der Waals surface area contributed by atoms with E-state index in [-0.39, 0.29) is 11.9 Å². The van der Waals surface area contributed by atoms with E-state index in [4.69, 9.17) is 4.74 Å². The summed E-state index contributed by atoms with van der Waals surface area (Å²) in [5, 5.41) is 6.18. The van der Waals surface area contributed by atoms with Crippen molar-refractivity contribution in [1.82, 2.24) is 10.6 Å². The molecule has 0 saturated heterocycles. The van der Waals surface area contributed by atoms with Crippen molar-refractivity contribution in [3.8, 4) is 0 Å². The van der Waals surface area contributed by atoms with E-state index in [1.54, 1.807) is 7.11 Å². The summed E-state index contributed by atoms with van der Waals surface area (Å²) in [5.41, 5.74) is 0.446. The number of carbonyl (C=O) groups is 1. The van der Waals surface area contributed by atoms with Crippen LogP contribution in [0.15, 0.2) is 0 Å². The summed E-state index contributed by atoms with van der Waals surface area (Å²) >= 11 is 0. The third-order valence-electron chi connectivity index (χ3n) is 3.88. The van der Waals surface area contributed by atoms with E-state index >= 15 is 0 Å². The number of methoxy groups -OCH3 is 1. The van der Waals surface area contributed by atoms with Crippen LogP contribution in [-0.4, -0.2) is 38.8 Å². The van der Waals surface area contributed by atoms with E-state index in [0.29, 0.717) is 24.5 Å². The van der Waals surface area contributed by atoms with Gasteiger partial charge in [0.15, 0.2) is 0 Å². The maximum absolute atomic E-state index is 11.7. The molecule has 0 aromatic rings. The van der Waals surface area contributed by atoms with Crippen LogP contribution in [0.5, 0.6) is 0 Å². The molecule has 1 unspecified atom stereocenters. The summed E-state index contributed by atoms with van der Waals surface area (Å²) in [5.74, 6) is 0.750. The predicted octanol–water partition coefficient (Wildman–Crippen LogP) is 1.16. The number of carbonyl (C=O) groups excluding carboxylic acids is 1. The highest BCUT2D eigenvalue weighted by molar-refractivity contribution is 5.81. The maximum atomic E-state index is 11.7. The van der Waals surface area contributed by atoms with Crippen LogP contribution in [0.2, 0.25) is 0 Å². The molecule has 0 aliphatic heterocycles. The summed E-state index contributed by atoms with van der Waals surface area (Å²) in [6, 6.07) is -0.122. The molecule has 1 saturated carbocycles. The Hall–Kier alpha value is -0.610. The first-order valence-electron chi connectivity index (χ1n) is 6.52. The number of hydrogen-bond acceptors (Lipinski definition) is 3. The van der Waals surface area contributed by atoms with Gasteiger partial charge in [-0.05, 0) is 31.1 Å². The van der Waals surface area contributed by atoms with Crippen molar-refractivity contribution in [2.45, 2.75) is 39.7 Å². The van der Waals surface area contributed by atoms with E-state index in [1.807, 2.05) is 6.92 Å². The highest BCUT2D eigenvalue weighted by Gasteiger charge is 2.45. The first-order chi connectivity index (χ1) is 8.02. The van der Waals surface area contributed by atoms with Crippen molar-refractivity contribution in [1.29, 1.82) is 0 Å². The quantitative estimate of drug-likeness (QED) is 0.628. The fraction of sp³-hybridized carbons (Fsp3) is 0.923. The van der Waals surface area contributed by atoms with Gasteiger partial charge in [0.1, 0.15) is 0 Å². The summed E-state index contributed by atoms with van der Waals surface area (Å²) < 4.78 is 4.89. The number of ether oxygens (including phenoxy) is 1. The molecule has 0 radical (unpaired) electrons. The molecular formula is C13H26N2O2. The van der Waals surface area contributed by atoms with Gasteiger partial charge in [0.05, 0.1) is 12.6 Å². The highest BCUT2D eigenvalue weighted by atomic mass is 16.5. The van der Waals surface area contributed by atoms with E-state index in [2.05, 4.69) is 24.5 Å². The lowest BCUT2D eigenvalue weighted by molar-refractivity contribution is -0.123. The van der Waals surface area contributed by atoms with Crippen LogP contribution in [-0.2, 0) is 9.53 Å². The normalized spacial score (nSPS) is 19.1. The van der Waals surface area contributed by atoms with Gasteiger partial charge in [0.25, 0.3) is 0 Å². The van der Waals surface area contributed by atoms with E-state index in [1.165, 1.54) is 12.8 Å². The van der Waals surface area contributed by atoms with Crippen molar-refractivity contribution in [3.05, 3.63) is 0 Å². The van der Waals surface area contributed by atoms with Crippen LogP contribution in [0.3, 0.4) is 0 Å². The average molecular weight is 242 g/mol. The van der Waals surface area contributed by atoms with Gasteiger partial charge in [-0.2, -0.15) is 0 Å². The second kappa shape index (κ2) is 6.36. The molecule has 4 nitrogen and oxygen atoms in total. The molecule has 1 atom stereocenters. The zero-order valence-corrected chi connectivity index (χ0v) is 11.5. The second-order valence-electron chi connectivity index (χ2n) is 5.40. The average Bonchev–Trinajstić information content (AvgIpc) is 3.07. The number of hydrogen-bond donors (Lipinski definition) is 2. The lowest BCUT2D eigenvalue weighted by atomic mass is 9.92. The van der Waals surface area contributed by atoms with Crippen molar-refractivity contribution in [2.24, 2.45) is 11.3 Å². The monoisotopic (exact) mass is 242 g/mol. The summed E-state index contributed by atoms with van der Waals surface area (Å²) in [7, 11) is 1.63. The standard InChI is InChI=1S/C13H26N2O2/c1-10(2)13(5-6-13)9-15-11(3)12(16)14-7-8-17-4/h10-11,15H,5-9H2,1-4H3,(H,14,16). The molecule has 0 aromatic heterocycles. The van der Waals surface area contributed by atoms with Crippen LogP contribution >= 0.6 is 0 Å². The maximum Gasteiger partial charge on any atom is 0.236 e. The van der Waals surface area contributed by atoms with E-state index in [9.17, 15) is 4.79 Å². The third-order valence-corrected chi connectivity index (χ3v) is 3.88. The molecule has 0 heterocycles. The zero-order chi connectivity index (χ0) is 12.9. The third kappa shape index (κ3) is 4.28. The number of rotatable bonds is 8. The van der Waals surface area contributed by atoms with Gasteiger partial charge in [-0.15, -0.1) is 0 Å². The molecule has 1 amide bonds. The molecule has 1 fully saturated rings. The van der Waals surface area contributed by atoms with E-state index in [0.717, 1.165) is 6.54 Å². The number of amides is 1. The fourth-order valence-electron chi connectivity index (χ4n) is 2.00. The van der Waals surface area contributed by atoms with Gasteiger partial charge in [-0.25, -0.2) is 0 Å². The van der Waals surface area contributed by atoms with Crippen molar-refractivity contribution < 1.29 is 9.53 Å². The molecule has 1 rings (SSSR count). The van der Waals surface area contributed by atoms with Crippen LogP contribution in [0, 0.1) is 11.3 Å². The van der Waals surface area contributed by atoms with Crippen molar-refractivity contribution >= 4 is 5.91 Å². The largest absolute Gasteiger partial charge is 0.383 e. The Morgan fingerprint density at radius 3 is 2.47 bits per heavy atom. The topological polar surface area (TPSA) is 50.4 Å². The van der Waals surface area contributed by atoms with Crippen LogP contribution in [0.25, 0.3) is 0 Å². The Morgan fingerprint density at radius 1 is 1.35 bits per heavy atom. The summed E-state index contributed by atoms with van der Waals surface area (Å²) in [4.78, 5) is 11.7. The van der Waals surface area contributed by atoms with Crippen LogP contribution in [0.1, 0.15) is 33.6 Å². The first-order valence-corrected chi connectivity index (χ1v) is 6.52. The Morgan fingerprint density at radius 2 is 2.00 bits per heavy atom. The minimum atomic E-state index is -0.122. The molecule has 4 heteroatoms. The van der Waals surface area contributed by atoms with E-state index < -0.39 is 0 Å². The minimum absolute atomic E-state index is 0.0570. The molecular weight excluding hydrogens is 216 g/mol. The first kappa shape index (κ1) is 14.5. The molecule has 0 bridgehead atoms. The molecule has 0 spiro atoms.